The van der Waals surface area contributed by atoms with Gasteiger partial charge in [-0.2, -0.15) is 0 Å². The lowest BCUT2D eigenvalue weighted by atomic mass is 10.2. The molecular formula is C10H10N2O4. The average molecular weight is 222 g/mol. The zero-order valence-corrected chi connectivity index (χ0v) is 8.84. The van der Waals surface area contributed by atoms with E-state index in [1.165, 1.54) is 38.3 Å². The molecule has 0 aliphatic heterocycles. The Hall–Kier alpha value is -2.24. The van der Waals surface area contributed by atoms with Gasteiger partial charge in [0.05, 0.1) is 17.7 Å². The number of nitrogens with zero attached hydrogens (tertiary/aromatic N) is 2. The lowest BCUT2D eigenvalue weighted by molar-refractivity contribution is -0.385. The highest BCUT2D eigenvalue weighted by Gasteiger charge is 2.10. The SMILES string of the molecule is COC(=O)C=Cc1ccc([N+](=O)[O-])c(C)n1. The van der Waals surface area contributed by atoms with Gasteiger partial charge in [-0.1, -0.05) is 0 Å². The predicted octanol–water partition coefficient (Wildman–Crippen LogP) is 1.48. The van der Waals surface area contributed by atoms with E-state index < -0.39 is 10.9 Å². The van der Waals surface area contributed by atoms with Crippen molar-refractivity contribution in [1.82, 2.24) is 4.98 Å². The van der Waals surface area contributed by atoms with Crippen LogP contribution in [0, 0.1) is 17.0 Å². The second kappa shape index (κ2) is 5.01. The first-order chi connectivity index (χ1) is 7.54. The standard InChI is InChI=1S/C10H10N2O4/c1-7-9(12(14)15)5-3-8(11-7)4-6-10(13)16-2/h3-6H,1-2H3. The fourth-order valence-electron chi connectivity index (χ4n) is 1.08. The molecule has 0 fully saturated rings. The lowest BCUT2D eigenvalue weighted by Crippen LogP contribution is -1.96. The summed E-state index contributed by atoms with van der Waals surface area (Å²) < 4.78 is 4.40. The van der Waals surface area contributed by atoms with Gasteiger partial charge in [0.25, 0.3) is 5.69 Å². The van der Waals surface area contributed by atoms with Crippen molar-refractivity contribution in [1.29, 1.82) is 0 Å². The molecule has 0 saturated carbocycles. The predicted molar refractivity (Wildman–Crippen MR) is 56.7 cm³/mol. The van der Waals surface area contributed by atoms with Crippen LogP contribution in [0.4, 0.5) is 5.69 Å². The summed E-state index contributed by atoms with van der Waals surface area (Å²) >= 11 is 0. The van der Waals surface area contributed by atoms with E-state index >= 15 is 0 Å². The molecule has 0 amide bonds. The van der Waals surface area contributed by atoms with E-state index in [4.69, 9.17) is 0 Å². The Morgan fingerprint density at radius 2 is 2.25 bits per heavy atom. The minimum absolute atomic E-state index is 0.0461. The molecule has 0 aliphatic carbocycles. The van der Waals surface area contributed by atoms with Crippen LogP contribution in [0.3, 0.4) is 0 Å². The molecule has 0 spiro atoms. The summed E-state index contributed by atoms with van der Waals surface area (Å²) in [6, 6.07) is 2.81. The van der Waals surface area contributed by atoms with E-state index in [2.05, 4.69) is 9.72 Å². The number of hydrogen-bond donors (Lipinski definition) is 0. The number of aromatic nitrogens is 1. The van der Waals surface area contributed by atoms with Crippen molar-refractivity contribution >= 4 is 17.7 Å². The number of methoxy groups -OCH3 is 1. The Morgan fingerprint density at radius 1 is 1.56 bits per heavy atom. The van der Waals surface area contributed by atoms with Crippen LogP contribution >= 0.6 is 0 Å². The molecule has 1 heterocycles. The number of rotatable bonds is 3. The first-order valence-electron chi connectivity index (χ1n) is 4.42. The lowest BCUT2D eigenvalue weighted by Gasteiger charge is -1.97. The first-order valence-corrected chi connectivity index (χ1v) is 4.42. The highest BCUT2D eigenvalue weighted by molar-refractivity contribution is 5.86. The van der Waals surface area contributed by atoms with Crippen LogP contribution in [-0.4, -0.2) is 23.0 Å². The summed E-state index contributed by atoms with van der Waals surface area (Å²) in [5, 5.41) is 10.5. The Kier molecular flexibility index (Phi) is 3.71. The molecule has 84 valence electrons. The summed E-state index contributed by atoms with van der Waals surface area (Å²) in [6.07, 6.45) is 2.64. The highest BCUT2D eigenvalue weighted by atomic mass is 16.6. The molecule has 1 rings (SSSR count). The van der Waals surface area contributed by atoms with Gasteiger partial charge in [0, 0.05) is 12.1 Å². The second-order valence-corrected chi connectivity index (χ2v) is 2.95. The smallest absolute Gasteiger partial charge is 0.330 e. The number of ether oxygens (including phenoxy) is 1. The zero-order chi connectivity index (χ0) is 12.1. The molecule has 0 bridgehead atoms. The summed E-state index contributed by atoms with van der Waals surface area (Å²) in [5.41, 5.74) is 0.723. The number of esters is 1. The van der Waals surface area contributed by atoms with Crippen molar-refractivity contribution in [3.05, 3.63) is 39.7 Å². The van der Waals surface area contributed by atoms with Crippen LogP contribution in [0.1, 0.15) is 11.4 Å². The molecule has 0 atom stereocenters. The van der Waals surface area contributed by atoms with Crippen LogP contribution in [-0.2, 0) is 9.53 Å². The summed E-state index contributed by atoms with van der Waals surface area (Å²) in [6.45, 7) is 1.54. The van der Waals surface area contributed by atoms with Crippen molar-refractivity contribution < 1.29 is 14.5 Å². The van der Waals surface area contributed by atoms with Crippen molar-refractivity contribution in [3.8, 4) is 0 Å². The maximum Gasteiger partial charge on any atom is 0.330 e. The van der Waals surface area contributed by atoms with Gasteiger partial charge in [0.1, 0.15) is 5.69 Å². The van der Waals surface area contributed by atoms with Gasteiger partial charge in [0.2, 0.25) is 0 Å². The number of carbonyl (C=O) groups excluding carboxylic acids is 1. The second-order valence-electron chi connectivity index (χ2n) is 2.95. The first kappa shape index (κ1) is 11.8. The zero-order valence-electron chi connectivity index (χ0n) is 8.84. The fourth-order valence-corrected chi connectivity index (χ4v) is 1.08. The number of pyridine rings is 1. The largest absolute Gasteiger partial charge is 0.466 e. The highest BCUT2D eigenvalue weighted by Crippen LogP contribution is 2.15. The normalized spacial score (nSPS) is 10.4. The van der Waals surface area contributed by atoms with Crippen molar-refractivity contribution in [2.75, 3.05) is 7.11 Å². The molecule has 1 aromatic rings. The van der Waals surface area contributed by atoms with Gasteiger partial charge in [-0.3, -0.25) is 10.1 Å². The third kappa shape index (κ3) is 2.88. The summed E-state index contributed by atoms with van der Waals surface area (Å²) in [4.78, 5) is 24.8. The van der Waals surface area contributed by atoms with Gasteiger partial charge in [0.15, 0.2) is 0 Å². The minimum atomic E-state index is -0.504. The fraction of sp³-hybridized carbons (Fsp3) is 0.200. The molecule has 0 aliphatic rings. The molecule has 0 saturated heterocycles. The van der Waals surface area contributed by atoms with Crippen LogP contribution < -0.4 is 0 Å². The van der Waals surface area contributed by atoms with Gasteiger partial charge >= 0.3 is 5.97 Å². The molecular weight excluding hydrogens is 212 g/mol. The van der Waals surface area contributed by atoms with Crippen molar-refractivity contribution in [3.63, 3.8) is 0 Å². The molecule has 0 unspecified atom stereocenters. The Morgan fingerprint density at radius 3 is 2.75 bits per heavy atom. The quantitative estimate of drug-likeness (QED) is 0.335. The minimum Gasteiger partial charge on any atom is -0.466 e. The summed E-state index contributed by atoms with van der Waals surface area (Å²) in [7, 11) is 1.27. The number of carbonyl (C=O) groups is 1. The molecule has 0 N–H and O–H groups in total. The van der Waals surface area contributed by atoms with Crippen LogP contribution in [0.25, 0.3) is 6.08 Å². The van der Waals surface area contributed by atoms with E-state index in [0.717, 1.165) is 0 Å². The van der Waals surface area contributed by atoms with E-state index in [-0.39, 0.29) is 5.69 Å². The Labute approximate surface area is 91.7 Å². The van der Waals surface area contributed by atoms with Crippen molar-refractivity contribution in [2.24, 2.45) is 0 Å². The molecule has 0 radical (unpaired) electrons. The van der Waals surface area contributed by atoms with Gasteiger partial charge in [-0.15, -0.1) is 0 Å². The Bertz CT molecular complexity index is 454. The van der Waals surface area contributed by atoms with Crippen LogP contribution in [0.2, 0.25) is 0 Å². The Balaban J connectivity index is 2.94. The maximum atomic E-state index is 10.8. The molecule has 6 nitrogen and oxygen atoms in total. The molecule has 6 heteroatoms. The van der Waals surface area contributed by atoms with E-state index in [9.17, 15) is 14.9 Å². The average Bonchev–Trinajstić information content (AvgIpc) is 2.25. The van der Waals surface area contributed by atoms with E-state index in [1.807, 2.05) is 0 Å². The number of aryl methyl sites for hydroxylation is 1. The van der Waals surface area contributed by atoms with Gasteiger partial charge in [-0.05, 0) is 19.1 Å². The molecule has 0 aromatic carbocycles. The maximum absolute atomic E-state index is 10.8. The molecule has 16 heavy (non-hydrogen) atoms. The summed E-state index contributed by atoms with van der Waals surface area (Å²) in [5.74, 6) is -0.502. The van der Waals surface area contributed by atoms with Crippen LogP contribution in [0.5, 0.6) is 0 Å². The van der Waals surface area contributed by atoms with E-state index in [1.54, 1.807) is 0 Å². The van der Waals surface area contributed by atoms with Gasteiger partial charge in [-0.25, -0.2) is 9.78 Å². The topological polar surface area (TPSA) is 82.3 Å². The molecule has 1 aromatic heterocycles. The van der Waals surface area contributed by atoms with Crippen molar-refractivity contribution in [2.45, 2.75) is 6.92 Å². The third-order valence-electron chi connectivity index (χ3n) is 1.87. The third-order valence-corrected chi connectivity index (χ3v) is 1.87. The number of hydrogen-bond acceptors (Lipinski definition) is 5. The van der Waals surface area contributed by atoms with E-state index in [0.29, 0.717) is 11.4 Å². The number of nitro groups is 1. The monoisotopic (exact) mass is 222 g/mol. The van der Waals surface area contributed by atoms with Crippen LogP contribution in [0.15, 0.2) is 18.2 Å². The van der Waals surface area contributed by atoms with Gasteiger partial charge < -0.3 is 4.74 Å².